The van der Waals surface area contributed by atoms with E-state index in [0.29, 0.717) is 35.7 Å². The summed E-state index contributed by atoms with van der Waals surface area (Å²) in [6.07, 6.45) is -1.54. The lowest BCUT2D eigenvalue weighted by atomic mass is 10.1. The van der Waals surface area contributed by atoms with E-state index in [4.69, 9.17) is 0 Å². The van der Waals surface area contributed by atoms with E-state index in [9.17, 15) is 23.5 Å². The normalized spacial score (nSPS) is 12.2. The highest BCUT2D eigenvalue weighted by Crippen LogP contribution is 2.41. The summed E-state index contributed by atoms with van der Waals surface area (Å²) in [5.74, 6) is -0.481. The molecule has 0 aliphatic carbocycles. The van der Waals surface area contributed by atoms with Gasteiger partial charge in [0, 0.05) is 62.1 Å². The molecule has 0 radical (unpaired) electrons. The van der Waals surface area contributed by atoms with Crippen LogP contribution in [0, 0.1) is 11.3 Å². The second kappa shape index (κ2) is 12.4. The van der Waals surface area contributed by atoms with Gasteiger partial charge in [-0.3, -0.25) is 0 Å². The zero-order valence-corrected chi connectivity index (χ0v) is 23.6. The van der Waals surface area contributed by atoms with Crippen LogP contribution in [0.4, 0.5) is 36.2 Å². The van der Waals surface area contributed by atoms with E-state index in [1.54, 1.807) is 30.1 Å². The molecule has 0 aliphatic heterocycles. The highest BCUT2D eigenvalue weighted by molar-refractivity contribution is 5.96. The Morgan fingerprint density at radius 2 is 1.93 bits per heavy atom. The Morgan fingerprint density at radius 1 is 1.17 bits per heavy atom. The molecule has 1 atom stereocenters. The zero-order valence-electron chi connectivity index (χ0n) is 23.6. The Bertz CT molecular complexity index is 1630. The molecular weight excluding hydrogens is 549 g/mol. The van der Waals surface area contributed by atoms with Gasteiger partial charge in [0.25, 0.3) is 0 Å². The first-order valence-corrected chi connectivity index (χ1v) is 12.8. The van der Waals surface area contributed by atoms with E-state index < -0.39 is 18.3 Å². The van der Waals surface area contributed by atoms with Crippen LogP contribution in [-0.4, -0.2) is 71.4 Å². The Kier molecular flexibility index (Phi) is 8.89. The van der Waals surface area contributed by atoms with Crippen molar-refractivity contribution in [3.63, 3.8) is 0 Å². The number of rotatable bonds is 11. The summed E-state index contributed by atoms with van der Waals surface area (Å²) in [5.41, 5.74) is 3.22. The third-order valence-electron chi connectivity index (χ3n) is 6.44. The second-order valence-corrected chi connectivity index (χ2v) is 9.85. The van der Waals surface area contributed by atoms with E-state index in [2.05, 4.69) is 38.0 Å². The predicted octanol–water partition coefficient (Wildman–Crippen LogP) is 5.06. The number of anilines is 4. The zero-order chi connectivity index (χ0) is 30.6. The number of nitrogens with one attached hydrogen (secondary N) is 2. The monoisotopic (exact) mass is 580 g/mol. The lowest BCUT2D eigenvalue weighted by molar-refractivity contribution is -0.274. The van der Waals surface area contributed by atoms with Crippen molar-refractivity contribution in [2.45, 2.75) is 12.6 Å². The molecule has 220 valence electrons. The highest BCUT2D eigenvalue weighted by atomic mass is 19.4. The van der Waals surface area contributed by atoms with Gasteiger partial charge in [-0.2, -0.15) is 5.26 Å². The van der Waals surface area contributed by atoms with E-state index >= 15 is 0 Å². The molecule has 2 aromatic carbocycles. The van der Waals surface area contributed by atoms with E-state index in [-0.39, 0.29) is 11.6 Å². The van der Waals surface area contributed by atoms with Gasteiger partial charge in [-0.05, 0) is 44.4 Å². The van der Waals surface area contributed by atoms with Crippen LogP contribution in [0.3, 0.4) is 0 Å². The van der Waals surface area contributed by atoms with E-state index in [0.717, 1.165) is 16.5 Å². The minimum absolute atomic E-state index is 0.0223. The lowest BCUT2D eigenvalue weighted by Crippen LogP contribution is -2.30. The molecule has 0 fully saturated rings. The summed E-state index contributed by atoms with van der Waals surface area (Å²) in [5, 5.41) is 26.0. The number of nitrogens with zero attached hydrogens (tertiary/aromatic N) is 6. The van der Waals surface area contributed by atoms with Gasteiger partial charge in [0.2, 0.25) is 5.95 Å². The van der Waals surface area contributed by atoms with Crippen LogP contribution in [0.15, 0.2) is 61.4 Å². The summed E-state index contributed by atoms with van der Waals surface area (Å²) >= 11 is 0. The summed E-state index contributed by atoms with van der Waals surface area (Å²) < 4.78 is 46.8. The van der Waals surface area contributed by atoms with E-state index in [1.165, 1.54) is 24.4 Å². The van der Waals surface area contributed by atoms with Crippen molar-refractivity contribution in [3.8, 4) is 23.1 Å². The minimum atomic E-state index is -4.97. The summed E-state index contributed by atoms with van der Waals surface area (Å²) in [6, 6.07) is 11.7. The van der Waals surface area contributed by atoms with Crippen molar-refractivity contribution in [1.29, 1.82) is 5.26 Å². The largest absolute Gasteiger partial charge is 0.573 e. The average molecular weight is 581 g/mol. The van der Waals surface area contributed by atoms with Crippen molar-refractivity contribution >= 4 is 33.9 Å². The van der Waals surface area contributed by atoms with Crippen LogP contribution in [0.2, 0.25) is 0 Å². The first-order valence-electron chi connectivity index (χ1n) is 12.8. The van der Waals surface area contributed by atoms with Crippen molar-refractivity contribution in [1.82, 2.24) is 19.4 Å². The van der Waals surface area contributed by atoms with Gasteiger partial charge in [0.05, 0.1) is 34.4 Å². The lowest BCUT2D eigenvalue weighted by Gasteiger charge is -2.27. The van der Waals surface area contributed by atoms with Crippen molar-refractivity contribution in [2.24, 2.45) is 7.05 Å². The molecule has 3 N–H and O–H groups in total. The fraction of sp³-hybridized carbons (Fsp3) is 0.276. The molecule has 13 heteroatoms. The first-order chi connectivity index (χ1) is 19.9. The van der Waals surface area contributed by atoms with Gasteiger partial charge in [0.1, 0.15) is 6.23 Å². The smallest absolute Gasteiger partial charge is 0.403 e. The predicted molar refractivity (Wildman–Crippen MR) is 157 cm³/mol. The number of alkyl halides is 3. The van der Waals surface area contributed by atoms with Gasteiger partial charge in [-0.25, -0.2) is 9.97 Å². The number of nitriles is 1. The summed E-state index contributed by atoms with van der Waals surface area (Å²) in [6.45, 7) is 4.67. The minimum Gasteiger partial charge on any atom is -0.403 e. The standard InChI is InChI=1S/C29H31F3N8O2/c1-6-27(41)35-22-14-23(26(42-29(30,31)32)15-25(22)39(4)12-11-38(2)3)37-28-34-10-9-21(36-28)20-17-40(5)24-13-18(16-33)7-8-19(20)24/h6-10,13-15,17,27,35,41H,1,11-12H2,2-5H3,(H,34,36,37). The third-order valence-corrected chi connectivity index (χ3v) is 6.44. The number of ether oxygens (including phenoxy) is 1. The highest BCUT2D eigenvalue weighted by Gasteiger charge is 2.33. The molecule has 4 rings (SSSR count). The Balaban J connectivity index is 1.77. The van der Waals surface area contributed by atoms with Crippen LogP contribution >= 0.6 is 0 Å². The molecule has 0 spiro atoms. The molecular formula is C29H31F3N8O2. The summed E-state index contributed by atoms with van der Waals surface area (Å²) in [7, 11) is 7.34. The number of hydrogen-bond donors (Lipinski definition) is 3. The van der Waals surface area contributed by atoms with Gasteiger partial charge in [-0.15, -0.1) is 13.2 Å². The average Bonchev–Trinajstić information content (AvgIpc) is 3.27. The number of aliphatic hydroxyl groups is 1. The van der Waals surface area contributed by atoms with Gasteiger partial charge in [0.15, 0.2) is 5.75 Å². The molecule has 0 aliphatic rings. The maximum Gasteiger partial charge on any atom is 0.573 e. The number of fused-ring (bicyclic) bond motifs is 1. The van der Waals surface area contributed by atoms with E-state index in [1.807, 2.05) is 42.9 Å². The SMILES string of the molecule is C=CC(O)Nc1cc(Nc2nccc(-c3cn(C)c4cc(C#N)ccc34)n2)c(OC(F)(F)F)cc1N(C)CCN(C)C. The number of aliphatic hydroxyl groups excluding tert-OH is 1. The van der Waals surface area contributed by atoms with Crippen LogP contribution in [0.5, 0.6) is 5.75 Å². The first kappa shape index (κ1) is 30.2. The quantitative estimate of drug-likeness (QED) is 0.165. The van der Waals surface area contributed by atoms with Crippen molar-refractivity contribution in [2.75, 3.05) is 49.8 Å². The third kappa shape index (κ3) is 7.09. The van der Waals surface area contributed by atoms with Gasteiger partial charge < -0.3 is 34.8 Å². The number of benzene rings is 2. The number of aryl methyl sites for hydroxylation is 1. The topological polar surface area (TPSA) is 114 Å². The summed E-state index contributed by atoms with van der Waals surface area (Å²) in [4.78, 5) is 12.5. The van der Waals surface area contributed by atoms with Crippen LogP contribution < -0.4 is 20.3 Å². The van der Waals surface area contributed by atoms with Crippen molar-refractivity contribution in [3.05, 3.63) is 67.0 Å². The molecule has 1 unspecified atom stereocenters. The molecule has 4 aromatic rings. The molecule has 42 heavy (non-hydrogen) atoms. The number of aromatic nitrogens is 3. The maximum absolute atomic E-state index is 13.5. The van der Waals surface area contributed by atoms with Gasteiger partial charge in [-0.1, -0.05) is 12.6 Å². The Morgan fingerprint density at radius 3 is 2.60 bits per heavy atom. The molecule has 2 heterocycles. The van der Waals surface area contributed by atoms with Crippen LogP contribution in [0.1, 0.15) is 5.56 Å². The maximum atomic E-state index is 13.5. The van der Waals surface area contributed by atoms with Gasteiger partial charge >= 0.3 is 6.36 Å². The second-order valence-electron chi connectivity index (χ2n) is 9.85. The molecule has 0 bridgehead atoms. The Hall–Kier alpha value is -4.80. The number of halogens is 3. The molecule has 2 aromatic heterocycles. The fourth-order valence-electron chi connectivity index (χ4n) is 4.34. The molecule has 0 saturated carbocycles. The molecule has 0 amide bonds. The number of hydrogen-bond acceptors (Lipinski definition) is 9. The number of likely N-dealkylation sites (N-methyl/N-ethyl adjacent to an activating group) is 2. The van der Waals surface area contributed by atoms with Crippen LogP contribution in [-0.2, 0) is 7.05 Å². The van der Waals surface area contributed by atoms with Crippen molar-refractivity contribution < 1.29 is 23.0 Å². The fourth-order valence-corrected chi connectivity index (χ4v) is 4.34. The van der Waals surface area contributed by atoms with Crippen LogP contribution in [0.25, 0.3) is 22.2 Å². The molecule has 0 saturated heterocycles. The molecule has 10 nitrogen and oxygen atoms in total. The Labute approximate surface area is 241 Å².